The molecule has 0 saturated heterocycles. The third-order valence-electron chi connectivity index (χ3n) is 12.1. The van der Waals surface area contributed by atoms with Gasteiger partial charge in [-0.05, 0) is 95.0 Å². The Kier molecular flexibility index (Phi) is 7.55. The summed E-state index contributed by atoms with van der Waals surface area (Å²) in [4.78, 5) is 10.7. The van der Waals surface area contributed by atoms with E-state index in [2.05, 4.69) is 208 Å². The van der Waals surface area contributed by atoms with Crippen LogP contribution in [-0.4, -0.2) is 9.97 Å². The lowest BCUT2D eigenvalue weighted by molar-refractivity contribution is 0.660. The van der Waals surface area contributed by atoms with Crippen LogP contribution in [0.3, 0.4) is 0 Å². The quantitative estimate of drug-likeness (QED) is 0.130. The first-order valence-corrected chi connectivity index (χ1v) is 19.7. The van der Waals surface area contributed by atoms with Crippen molar-refractivity contribution in [3.05, 3.63) is 205 Å². The topological polar surface area (TPSA) is 25.8 Å². The highest BCUT2D eigenvalue weighted by Crippen LogP contribution is 2.50. The number of hydrogen-bond donors (Lipinski definition) is 0. The summed E-state index contributed by atoms with van der Waals surface area (Å²) in [5, 5.41) is 7.52. The van der Waals surface area contributed by atoms with Gasteiger partial charge in [0.05, 0.1) is 11.4 Å². The standard InChI is InChI=1S/C55H38N2/c1-55(2)49-23-13-12-21-44(49)45-30-29-40(33-50(45)55)51-34-52(46-22-11-10-18-41(46)35-14-4-3-5-15-35)57-54(56-51)38-26-24-37(25-27-38)53-43-20-9-7-17-39(43)32-48-42-19-8-6-16-36(42)28-31-47(48)53/h3-34H,1-2H3. The Bertz CT molecular complexity index is 3190. The molecule has 268 valence electrons. The highest BCUT2D eigenvalue weighted by molar-refractivity contribution is 6.20. The number of rotatable bonds is 5. The van der Waals surface area contributed by atoms with E-state index in [0.29, 0.717) is 5.82 Å². The van der Waals surface area contributed by atoms with Crippen LogP contribution in [0.1, 0.15) is 25.0 Å². The van der Waals surface area contributed by atoms with Crippen molar-refractivity contribution in [2.75, 3.05) is 0 Å². The Balaban J connectivity index is 1.09. The monoisotopic (exact) mass is 726 g/mol. The van der Waals surface area contributed by atoms with E-state index in [4.69, 9.17) is 9.97 Å². The minimum Gasteiger partial charge on any atom is -0.228 e. The minimum atomic E-state index is -0.117. The van der Waals surface area contributed by atoms with Crippen LogP contribution in [-0.2, 0) is 5.41 Å². The first-order valence-electron chi connectivity index (χ1n) is 19.7. The molecule has 9 aromatic carbocycles. The van der Waals surface area contributed by atoms with Crippen molar-refractivity contribution in [1.82, 2.24) is 9.97 Å². The van der Waals surface area contributed by atoms with E-state index in [9.17, 15) is 0 Å². The molecule has 1 aliphatic rings. The first kappa shape index (κ1) is 33.2. The summed E-state index contributed by atoms with van der Waals surface area (Å²) in [6.45, 7) is 4.66. The number of benzene rings is 9. The first-order chi connectivity index (χ1) is 28.0. The van der Waals surface area contributed by atoms with Gasteiger partial charge in [0, 0.05) is 22.1 Å². The maximum absolute atomic E-state index is 5.35. The zero-order chi connectivity index (χ0) is 38.1. The summed E-state index contributed by atoms with van der Waals surface area (Å²) in [7, 11) is 0. The predicted molar refractivity (Wildman–Crippen MR) is 239 cm³/mol. The van der Waals surface area contributed by atoms with Gasteiger partial charge in [-0.2, -0.15) is 0 Å². The zero-order valence-corrected chi connectivity index (χ0v) is 31.9. The van der Waals surface area contributed by atoms with E-state index in [1.54, 1.807) is 0 Å². The molecular weight excluding hydrogens is 689 g/mol. The molecule has 0 amide bonds. The molecule has 0 unspecified atom stereocenters. The highest BCUT2D eigenvalue weighted by atomic mass is 14.9. The lowest BCUT2D eigenvalue weighted by Crippen LogP contribution is -2.14. The molecule has 0 spiro atoms. The maximum Gasteiger partial charge on any atom is 0.160 e. The van der Waals surface area contributed by atoms with Crippen LogP contribution in [0.5, 0.6) is 0 Å². The molecule has 0 atom stereocenters. The molecule has 11 rings (SSSR count). The van der Waals surface area contributed by atoms with Crippen molar-refractivity contribution in [1.29, 1.82) is 0 Å². The van der Waals surface area contributed by atoms with Gasteiger partial charge in [0.2, 0.25) is 0 Å². The molecule has 2 heteroatoms. The fourth-order valence-corrected chi connectivity index (χ4v) is 9.22. The number of aromatic nitrogens is 2. The summed E-state index contributed by atoms with van der Waals surface area (Å²) >= 11 is 0. The Morgan fingerprint density at radius 1 is 0.333 bits per heavy atom. The largest absolute Gasteiger partial charge is 0.228 e. The van der Waals surface area contributed by atoms with Gasteiger partial charge in [0.1, 0.15) is 0 Å². The van der Waals surface area contributed by atoms with Gasteiger partial charge in [-0.3, -0.25) is 0 Å². The Hall–Kier alpha value is -7.16. The van der Waals surface area contributed by atoms with Crippen molar-refractivity contribution in [2.24, 2.45) is 0 Å². The SMILES string of the molecule is CC1(C)c2ccccc2-c2ccc(-c3cc(-c4ccccc4-c4ccccc4)nc(-c4ccc(-c5c6ccccc6cc6c5ccc5ccccc56)cc4)n3)cc21. The van der Waals surface area contributed by atoms with E-state index in [1.807, 2.05) is 0 Å². The van der Waals surface area contributed by atoms with E-state index < -0.39 is 0 Å². The molecule has 1 aliphatic carbocycles. The fraction of sp³-hybridized carbons (Fsp3) is 0.0545. The molecule has 0 bridgehead atoms. The summed E-state index contributed by atoms with van der Waals surface area (Å²) in [5.74, 6) is 0.703. The molecule has 0 fully saturated rings. The van der Waals surface area contributed by atoms with Gasteiger partial charge in [-0.15, -0.1) is 0 Å². The van der Waals surface area contributed by atoms with Crippen molar-refractivity contribution in [2.45, 2.75) is 19.3 Å². The molecule has 0 aliphatic heterocycles. The fourth-order valence-electron chi connectivity index (χ4n) is 9.22. The van der Waals surface area contributed by atoms with E-state index >= 15 is 0 Å². The van der Waals surface area contributed by atoms with Gasteiger partial charge in [0.25, 0.3) is 0 Å². The van der Waals surface area contributed by atoms with Crippen LogP contribution in [0.4, 0.5) is 0 Å². The van der Waals surface area contributed by atoms with Crippen LogP contribution in [0.25, 0.3) is 99.6 Å². The third kappa shape index (κ3) is 5.40. The Morgan fingerprint density at radius 2 is 0.947 bits per heavy atom. The molecule has 1 aromatic heterocycles. The second-order valence-corrected chi connectivity index (χ2v) is 15.7. The normalized spacial score (nSPS) is 12.9. The van der Waals surface area contributed by atoms with Crippen LogP contribution >= 0.6 is 0 Å². The average molecular weight is 727 g/mol. The van der Waals surface area contributed by atoms with E-state index in [1.165, 1.54) is 65.7 Å². The maximum atomic E-state index is 5.35. The van der Waals surface area contributed by atoms with Gasteiger partial charge in [-0.25, -0.2) is 9.97 Å². The smallest absolute Gasteiger partial charge is 0.160 e. The molecule has 0 radical (unpaired) electrons. The predicted octanol–water partition coefficient (Wildman–Crippen LogP) is 14.6. The van der Waals surface area contributed by atoms with Crippen molar-refractivity contribution >= 4 is 32.3 Å². The molecule has 0 saturated carbocycles. The zero-order valence-electron chi connectivity index (χ0n) is 31.9. The summed E-state index contributed by atoms with van der Waals surface area (Å²) in [6, 6.07) is 70.2. The summed E-state index contributed by atoms with van der Waals surface area (Å²) < 4.78 is 0. The van der Waals surface area contributed by atoms with Gasteiger partial charge < -0.3 is 0 Å². The molecule has 2 nitrogen and oxygen atoms in total. The Labute approximate surface area is 332 Å². The molecule has 10 aromatic rings. The van der Waals surface area contributed by atoms with Crippen LogP contribution in [0, 0.1) is 0 Å². The van der Waals surface area contributed by atoms with Crippen LogP contribution in [0.15, 0.2) is 194 Å². The Morgan fingerprint density at radius 3 is 1.77 bits per heavy atom. The second-order valence-electron chi connectivity index (χ2n) is 15.7. The number of fused-ring (bicyclic) bond motifs is 7. The highest BCUT2D eigenvalue weighted by Gasteiger charge is 2.35. The number of hydrogen-bond acceptors (Lipinski definition) is 2. The van der Waals surface area contributed by atoms with Crippen molar-refractivity contribution in [3.8, 4) is 67.3 Å². The lowest BCUT2D eigenvalue weighted by atomic mass is 9.82. The van der Waals surface area contributed by atoms with Crippen LogP contribution in [0.2, 0.25) is 0 Å². The summed E-state index contributed by atoms with van der Waals surface area (Å²) in [5.41, 5.74) is 14.8. The third-order valence-corrected chi connectivity index (χ3v) is 12.1. The average Bonchev–Trinajstić information content (AvgIpc) is 3.51. The second kappa shape index (κ2) is 13.0. The van der Waals surface area contributed by atoms with E-state index in [0.717, 1.165) is 39.2 Å². The molecule has 0 N–H and O–H groups in total. The van der Waals surface area contributed by atoms with E-state index in [-0.39, 0.29) is 5.41 Å². The lowest BCUT2D eigenvalue weighted by Gasteiger charge is -2.22. The van der Waals surface area contributed by atoms with Gasteiger partial charge >= 0.3 is 0 Å². The molecule has 57 heavy (non-hydrogen) atoms. The van der Waals surface area contributed by atoms with Crippen LogP contribution < -0.4 is 0 Å². The molecule has 1 heterocycles. The van der Waals surface area contributed by atoms with Crippen molar-refractivity contribution < 1.29 is 0 Å². The molecular formula is C55H38N2. The number of nitrogens with zero attached hydrogens (tertiary/aromatic N) is 2. The van der Waals surface area contributed by atoms with Gasteiger partial charge in [0.15, 0.2) is 5.82 Å². The minimum absolute atomic E-state index is 0.117. The van der Waals surface area contributed by atoms with Crippen molar-refractivity contribution in [3.63, 3.8) is 0 Å². The summed E-state index contributed by atoms with van der Waals surface area (Å²) in [6.07, 6.45) is 0. The van der Waals surface area contributed by atoms with Gasteiger partial charge in [-0.1, -0.05) is 190 Å².